The molecule has 4 nitrogen and oxygen atoms in total. The Labute approximate surface area is 193 Å². The van der Waals surface area contributed by atoms with Gasteiger partial charge in [-0.2, -0.15) is 0 Å². The summed E-state index contributed by atoms with van der Waals surface area (Å²) in [7, 11) is 0. The Balaban J connectivity index is 1.56. The Morgan fingerprint density at radius 3 is 2.19 bits per heavy atom. The van der Waals surface area contributed by atoms with Gasteiger partial charge in [0, 0.05) is 18.7 Å². The highest BCUT2D eigenvalue weighted by Gasteiger charge is 2.29. The first-order valence-corrected chi connectivity index (χ1v) is 12.0. The predicted molar refractivity (Wildman–Crippen MR) is 131 cm³/mol. The van der Waals surface area contributed by atoms with Crippen molar-refractivity contribution >= 4 is 11.8 Å². The molecule has 0 aromatic heterocycles. The molecule has 1 atom stereocenters. The fourth-order valence-electron chi connectivity index (χ4n) is 4.43. The second-order valence-electron chi connectivity index (χ2n) is 10.1. The molecule has 32 heavy (non-hydrogen) atoms. The van der Waals surface area contributed by atoms with E-state index >= 15 is 0 Å². The van der Waals surface area contributed by atoms with E-state index in [0.717, 1.165) is 38.8 Å². The number of nitrogens with one attached hydrogen (secondary N) is 1. The number of amides is 2. The van der Waals surface area contributed by atoms with Gasteiger partial charge in [-0.15, -0.1) is 0 Å². The maximum Gasteiger partial charge on any atom is 0.251 e. The van der Waals surface area contributed by atoms with Crippen molar-refractivity contribution in [2.75, 3.05) is 13.1 Å². The molecule has 1 fully saturated rings. The molecule has 2 amide bonds. The van der Waals surface area contributed by atoms with Crippen LogP contribution in [0.1, 0.15) is 74.9 Å². The summed E-state index contributed by atoms with van der Waals surface area (Å²) in [6.45, 7) is 10.1. The number of piperidine rings is 1. The Kier molecular flexibility index (Phi) is 8.11. The highest BCUT2D eigenvalue weighted by atomic mass is 16.2. The van der Waals surface area contributed by atoms with E-state index in [2.05, 4.69) is 57.3 Å². The SMILES string of the molecule is CCCC(NC(=O)c1ccc(C(C)(C)C)cc1)C(=O)N1CCC(Cc2ccccc2)CC1. The average molecular weight is 435 g/mol. The van der Waals surface area contributed by atoms with Crippen molar-refractivity contribution in [2.45, 2.75) is 71.3 Å². The molecule has 172 valence electrons. The molecule has 0 saturated carbocycles. The first kappa shape index (κ1) is 24.0. The number of likely N-dealkylation sites (tertiary alicyclic amines) is 1. The van der Waals surface area contributed by atoms with Gasteiger partial charge in [-0.05, 0) is 60.3 Å². The fraction of sp³-hybridized carbons (Fsp3) is 0.500. The van der Waals surface area contributed by atoms with Gasteiger partial charge in [0.05, 0.1) is 0 Å². The zero-order valence-corrected chi connectivity index (χ0v) is 20.1. The zero-order chi connectivity index (χ0) is 23.1. The van der Waals surface area contributed by atoms with E-state index in [9.17, 15) is 9.59 Å². The Morgan fingerprint density at radius 1 is 1.00 bits per heavy atom. The Morgan fingerprint density at radius 2 is 1.62 bits per heavy atom. The van der Waals surface area contributed by atoms with Crippen LogP contribution in [0.3, 0.4) is 0 Å². The highest BCUT2D eigenvalue weighted by molar-refractivity contribution is 5.97. The lowest BCUT2D eigenvalue weighted by Gasteiger charge is -2.34. The predicted octanol–water partition coefficient (Wildman–Crippen LogP) is 5.36. The van der Waals surface area contributed by atoms with Crippen molar-refractivity contribution < 1.29 is 9.59 Å². The van der Waals surface area contributed by atoms with E-state index in [1.54, 1.807) is 0 Å². The average Bonchev–Trinajstić information content (AvgIpc) is 2.79. The second-order valence-corrected chi connectivity index (χ2v) is 10.1. The van der Waals surface area contributed by atoms with E-state index in [1.165, 1.54) is 11.1 Å². The van der Waals surface area contributed by atoms with Crippen molar-refractivity contribution in [1.82, 2.24) is 10.2 Å². The van der Waals surface area contributed by atoms with Crippen molar-refractivity contribution in [2.24, 2.45) is 5.92 Å². The summed E-state index contributed by atoms with van der Waals surface area (Å²) in [5.41, 5.74) is 3.20. The van der Waals surface area contributed by atoms with Crippen molar-refractivity contribution in [3.05, 3.63) is 71.3 Å². The zero-order valence-electron chi connectivity index (χ0n) is 20.1. The summed E-state index contributed by atoms with van der Waals surface area (Å²) in [6.07, 6.45) is 4.62. The summed E-state index contributed by atoms with van der Waals surface area (Å²) in [4.78, 5) is 28.0. The summed E-state index contributed by atoms with van der Waals surface area (Å²) < 4.78 is 0. The van der Waals surface area contributed by atoms with Crippen LogP contribution in [0.15, 0.2) is 54.6 Å². The molecule has 1 N–H and O–H groups in total. The van der Waals surface area contributed by atoms with Gasteiger partial charge in [0.2, 0.25) is 5.91 Å². The van der Waals surface area contributed by atoms with Crippen LogP contribution in [0.25, 0.3) is 0 Å². The van der Waals surface area contributed by atoms with Gasteiger partial charge in [0.1, 0.15) is 6.04 Å². The summed E-state index contributed by atoms with van der Waals surface area (Å²) in [6, 6.07) is 17.8. The third-order valence-electron chi connectivity index (χ3n) is 6.49. The molecule has 1 heterocycles. The molecular weight excluding hydrogens is 396 g/mol. The van der Waals surface area contributed by atoms with Crippen LogP contribution in [0.2, 0.25) is 0 Å². The van der Waals surface area contributed by atoms with Gasteiger partial charge in [-0.1, -0.05) is 76.6 Å². The molecule has 1 saturated heterocycles. The summed E-state index contributed by atoms with van der Waals surface area (Å²) in [5.74, 6) is 0.503. The third-order valence-corrected chi connectivity index (χ3v) is 6.49. The van der Waals surface area contributed by atoms with Crippen LogP contribution in [0.4, 0.5) is 0 Å². The number of hydrogen-bond acceptors (Lipinski definition) is 2. The van der Waals surface area contributed by atoms with E-state index in [1.807, 2.05) is 35.2 Å². The van der Waals surface area contributed by atoms with Gasteiger partial charge in [-0.25, -0.2) is 0 Å². The molecule has 4 heteroatoms. The fourth-order valence-corrected chi connectivity index (χ4v) is 4.43. The number of carbonyl (C=O) groups excluding carboxylic acids is 2. The molecule has 0 spiro atoms. The van der Waals surface area contributed by atoms with Crippen molar-refractivity contribution in [1.29, 1.82) is 0 Å². The summed E-state index contributed by atoms with van der Waals surface area (Å²) in [5, 5.41) is 3.01. The lowest BCUT2D eigenvalue weighted by atomic mass is 9.86. The van der Waals surface area contributed by atoms with Crippen molar-refractivity contribution in [3.63, 3.8) is 0 Å². The first-order valence-electron chi connectivity index (χ1n) is 12.0. The molecule has 1 aliphatic rings. The van der Waals surface area contributed by atoms with Gasteiger partial charge in [0.25, 0.3) is 5.91 Å². The number of carbonyl (C=O) groups is 2. The molecule has 2 aromatic carbocycles. The number of nitrogens with zero attached hydrogens (tertiary/aromatic N) is 1. The van der Waals surface area contributed by atoms with E-state index < -0.39 is 6.04 Å². The van der Waals surface area contributed by atoms with Gasteiger partial charge in [0.15, 0.2) is 0 Å². The minimum Gasteiger partial charge on any atom is -0.341 e. The molecule has 0 aliphatic carbocycles. The standard InChI is InChI=1S/C28H38N2O2/c1-5-9-25(29-26(31)23-12-14-24(15-13-23)28(2,3)4)27(32)30-18-16-22(17-19-30)20-21-10-7-6-8-11-21/h6-8,10-15,22,25H,5,9,16-20H2,1-4H3,(H,29,31). The van der Waals surface area contributed by atoms with Gasteiger partial charge in [-0.3, -0.25) is 9.59 Å². The molecular formula is C28H38N2O2. The quantitative estimate of drug-likeness (QED) is 0.637. The normalized spacial score (nSPS) is 15.9. The molecule has 3 rings (SSSR count). The number of benzene rings is 2. The van der Waals surface area contributed by atoms with E-state index in [-0.39, 0.29) is 17.2 Å². The van der Waals surface area contributed by atoms with Crippen LogP contribution in [0.5, 0.6) is 0 Å². The number of rotatable bonds is 7. The van der Waals surface area contributed by atoms with Crippen molar-refractivity contribution in [3.8, 4) is 0 Å². The minimum absolute atomic E-state index is 0.0440. The highest BCUT2D eigenvalue weighted by Crippen LogP contribution is 2.24. The minimum atomic E-state index is -0.458. The molecule has 2 aromatic rings. The molecule has 1 unspecified atom stereocenters. The Bertz CT molecular complexity index is 876. The van der Waals surface area contributed by atoms with E-state index in [0.29, 0.717) is 17.9 Å². The largest absolute Gasteiger partial charge is 0.341 e. The lowest BCUT2D eigenvalue weighted by molar-refractivity contribution is -0.134. The van der Waals surface area contributed by atoms with Gasteiger partial charge >= 0.3 is 0 Å². The van der Waals surface area contributed by atoms with E-state index in [4.69, 9.17) is 0 Å². The monoisotopic (exact) mass is 434 g/mol. The maximum absolute atomic E-state index is 13.2. The lowest BCUT2D eigenvalue weighted by Crippen LogP contribution is -2.50. The smallest absolute Gasteiger partial charge is 0.251 e. The maximum atomic E-state index is 13.2. The van der Waals surface area contributed by atoms with Gasteiger partial charge < -0.3 is 10.2 Å². The molecule has 0 radical (unpaired) electrons. The second kappa shape index (κ2) is 10.8. The topological polar surface area (TPSA) is 49.4 Å². The van der Waals surface area contributed by atoms with Crippen LogP contribution in [-0.4, -0.2) is 35.8 Å². The van der Waals surface area contributed by atoms with Crippen LogP contribution < -0.4 is 5.32 Å². The first-order chi connectivity index (χ1) is 15.3. The van der Waals surface area contributed by atoms with Crippen LogP contribution in [-0.2, 0) is 16.6 Å². The molecule has 0 bridgehead atoms. The number of hydrogen-bond donors (Lipinski definition) is 1. The molecule has 1 aliphatic heterocycles. The Hall–Kier alpha value is -2.62. The van der Waals surface area contributed by atoms with Crippen LogP contribution in [0, 0.1) is 5.92 Å². The van der Waals surface area contributed by atoms with Crippen LogP contribution >= 0.6 is 0 Å². The summed E-state index contributed by atoms with van der Waals surface area (Å²) >= 11 is 0. The third kappa shape index (κ3) is 6.44.